The third-order valence-electron chi connectivity index (χ3n) is 4.74. The molecule has 3 heteroatoms. The van der Waals surface area contributed by atoms with Crippen LogP contribution in [0.15, 0.2) is 24.3 Å². The van der Waals surface area contributed by atoms with Crippen LogP contribution in [0, 0.1) is 18.8 Å². The molecule has 112 valence electrons. The first kappa shape index (κ1) is 14.3. The van der Waals surface area contributed by atoms with Crippen LogP contribution in [0.3, 0.4) is 0 Å². The lowest BCUT2D eigenvalue weighted by atomic mass is 9.78. The largest absolute Gasteiger partial charge is 0.366 e. The van der Waals surface area contributed by atoms with Crippen molar-refractivity contribution in [1.82, 2.24) is 9.97 Å². The fourth-order valence-corrected chi connectivity index (χ4v) is 3.54. The van der Waals surface area contributed by atoms with Crippen LogP contribution in [-0.4, -0.2) is 16.0 Å². The van der Waals surface area contributed by atoms with Crippen LogP contribution in [0.5, 0.6) is 0 Å². The van der Waals surface area contributed by atoms with Crippen molar-refractivity contribution in [1.29, 1.82) is 0 Å². The van der Waals surface area contributed by atoms with E-state index in [0.29, 0.717) is 6.04 Å². The Morgan fingerprint density at radius 1 is 1.05 bits per heavy atom. The van der Waals surface area contributed by atoms with Gasteiger partial charge in [-0.15, -0.1) is 0 Å². The Morgan fingerprint density at radius 3 is 2.43 bits per heavy atom. The molecule has 1 aromatic carbocycles. The Kier molecular flexibility index (Phi) is 4.09. The molecule has 3 nitrogen and oxygen atoms in total. The summed E-state index contributed by atoms with van der Waals surface area (Å²) in [4.78, 5) is 9.48. The number of hydrogen-bond donors (Lipinski definition) is 1. The Bertz CT molecular complexity index is 621. The molecule has 1 aliphatic carbocycles. The lowest BCUT2D eigenvalue weighted by Gasteiger charge is -2.35. The van der Waals surface area contributed by atoms with Gasteiger partial charge in [-0.1, -0.05) is 38.8 Å². The van der Waals surface area contributed by atoms with E-state index in [4.69, 9.17) is 4.98 Å². The quantitative estimate of drug-likeness (QED) is 0.897. The van der Waals surface area contributed by atoms with Crippen molar-refractivity contribution in [3.8, 4) is 0 Å². The van der Waals surface area contributed by atoms with Crippen molar-refractivity contribution in [2.45, 2.75) is 52.5 Å². The third kappa shape index (κ3) is 3.02. The minimum atomic E-state index is 0.535. The summed E-state index contributed by atoms with van der Waals surface area (Å²) >= 11 is 0. The molecule has 1 aliphatic rings. The molecule has 1 saturated carbocycles. The number of fused-ring (bicyclic) bond motifs is 1. The van der Waals surface area contributed by atoms with Gasteiger partial charge in [0.15, 0.2) is 0 Å². The third-order valence-corrected chi connectivity index (χ3v) is 4.74. The van der Waals surface area contributed by atoms with E-state index < -0.39 is 0 Å². The van der Waals surface area contributed by atoms with Gasteiger partial charge in [0.1, 0.15) is 5.82 Å². The predicted octanol–water partition coefficient (Wildman–Crippen LogP) is 4.56. The molecule has 0 aliphatic heterocycles. The van der Waals surface area contributed by atoms with Crippen LogP contribution in [0.2, 0.25) is 0 Å². The predicted molar refractivity (Wildman–Crippen MR) is 88.5 cm³/mol. The van der Waals surface area contributed by atoms with E-state index in [9.17, 15) is 0 Å². The highest BCUT2D eigenvalue weighted by molar-refractivity contribution is 5.76. The van der Waals surface area contributed by atoms with Gasteiger partial charge in [-0.05, 0) is 43.7 Å². The van der Waals surface area contributed by atoms with Crippen molar-refractivity contribution in [3.63, 3.8) is 0 Å². The van der Waals surface area contributed by atoms with Gasteiger partial charge in [0.2, 0.25) is 0 Å². The van der Waals surface area contributed by atoms with Gasteiger partial charge in [0, 0.05) is 6.04 Å². The van der Waals surface area contributed by atoms with Gasteiger partial charge >= 0.3 is 0 Å². The van der Waals surface area contributed by atoms with E-state index in [-0.39, 0.29) is 0 Å². The lowest BCUT2D eigenvalue weighted by molar-refractivity contribution is 0.253. The number of benzene rings is 1. The summed E-state index contributed by atoms with van der Waals surface area (Å²) in [6, 6.07) is 8.63. The van der Waals surface area contributed by atoms with E-state index in [2.05, 4.69) is 31.1 Å². The Balaban J connectivity index is 1.88. The standard InChI is InChI=1S/C18H25N3/c1-12(2)14-8-4-5-9-15(14)20-18-13(3)19-16-10-6-7-11-17(16)21-18/h6-7,10-12,14-15H,4-5,8-9H2,1-3H3,(H,20,21). The van der Waals surface area contributed by atoms with Gasteiger partial charge in [0.05, 0.1) is 16.7 Å². The minimum Gasteiger partial charge on any atom is -0.366 e. The number of anilines is 1. The first-order chi connectivity index (χ1) is 10.1. The van der Waals surface area contributed by atoms with E-state index in [1.165, 1.54) is 25.7 Å². The summed E-state index contributed by atoms with van der Waals surface area (Å²) in [7, 11) is 0. The average molecular weight is 283 g/mol. The van der Waals surface area contributed by atoms with Gasteiger partial charge in [-0.25, -0.2) is 9.97 Å². The van der Waals surface area contributed by atoms with Gasteiger partial charge in [-0.2, -0.15) is 0 Å². The van der Waals surface area contributed by atoms with E-state index in [1.807, 2.05) is 24.3 Å². The average Bonchev–Trinajstić information content (AvgIpc) is 2.48. The SMILES string of the molecule is Cc1nc2ccccc2nc1NC1CCCCC1C(C)C. The second-order valence-corrected chi connectivity index (χ2v) is 6.59. The molecule has 0 spiro atoms. The first-order valence-electron chi connectivity index (χ1n) is 8.15. The number of nitrogens with zero attached hydrogens (tertiary/aromatic N) is 2. The number of aromatic nitrogens is 2. The number of nitrogens with one attached hydrogen (secondary N) is 1. The van der Waals surface area contributed by atoms with Gasteiger partial charge in [0.25, 0.3) is 0 Å². The molecule has 2 unspecified atom stereocenters. The minimum absolute atomic E-state index is 0.535. The summed E-state index contributed by atoms with van der Waals surface area (Å²) in [5.74, 6) is 2.43. The molecule has 1 fully saturated rings. The van der Waals surface area contributed by atoms with Crippen LogP contribution in [0.1, 0.15) is 45.2 Å². The fraction of sp³-hybridized carbons (Fsp3) is 0.556. The molecule has 0 radical (unpaired) electrons. The zero-order valence-corrected chi connectivity index (χ0v) is 13.3. The summed E-state index contributed by atoms with van der Waals surface area (Å²) in [5.41, 5.74) is 2.95. The molecule has 21 heavy (non-hydrogen) atoms. The second kappa shape index (κ2) is 6.00. The zero-order chi connectivity index (χ0) is 14.8. The lowest BCUT2D eigenvalue weighted by Crippen LogP contribution is -2.35. The Morgan fingerprint density at radius 2 is 1.71 bits per heavy atom. The molecule has 0 amide bonds. The molecule has 1 heterocycles. The first-order valence-corrected chi connectivity index (χ1v) is 8.15. The number of para-hydroxylation sites is 2. The van der Waals surface area contributed by atoms with E-state index in [1.54, 1.807) is 0 Å². The Hall–Kier alpha value is -1.64. The number of aryl methyl sites for hydroxylation is 1. The van der Waals surface area contributed by atoms with E-state index >= 15 is 0 Å². The summed E-state index contributed by atoms with van der Waals surface area (Å²) in [5, 5.41) is 3.70. The number of hydrogen-bond acceptors (Lipinski definition) is 3. The van der Waals surface area contributed by atoms with Gasteiger partial charge in [-0.3, -0.25) is 0 Å². The molecular formula is C18H25N3. The van der Waals surface area contributed by atoms with Crippen molar-refractivity contribution in [2.24, 2.45) is 11.8 Å². The topological polar surface area (TPSA) is 37.8 Å². The maximum atomic E-state index is 4.79. The second-order valence-electron chi connectivity index (χ2n) is 6.59. The van der Waals surface area contributed by atoms with Crippen molar-refractivity contribution >= 4 is 16.9 Å². The molecule has 3 rings (SSSR count). The summed E-state index contributed by atoms with van der Waals surface area (Å²) in [6.07, 6.45) is 5.26. The molecule has 0 saturated heterocycles. The van der Waals surface area contributed by atoms with Crippen LogP contribution >= 0.6 is 0 Å². The van der Waals surface area contributed by atoms with Crippen molar-refractivity contribution in [2.75, 3.05) is 5.32 Å². The molecule has 1 aromatic heterocycles. The van der Waals surface area contributed by atoms with Crippen molar-refractivity contribution in [3.05, 3.63) is 30.0 Å². The Labute approximate surface area is 127 Å². The maximum absolute atomic E-state index is 4.79. The highest BCUT2D eigenvalue weighted by atomic mass is 15.1. The van der Waals surface area contributed by atoms with E-state index in [0.717, 1.165) is 34.4 Å². The smallest absolute Gasteiger partial charge is 0.148 e. The molecule has 2 aromatic rings. The molecular weight excluding hydrogens is 258 g/mol. The normalized spacial score (nSPS) is 22.7. The molecule has 0 bridgehead atoms. The van der Waals surface area contributed by atoms with Crippen molar-refractivity contribution < 1.29 is 0 Å². The highest BCUT2D eigenvalue weighted by Gasteiger charge is 2.28. The van der Waals surface area contributed by atoms with Gasteiger partial charge < -0.3 is 5.32 Å². The summed E-state index contributed by atoms with van der Waals surface area (Å²) in [6.45, 7) is 6.72. The maximum Gasteiger partial charge on any atom is 0.148 e. The van der Waals surface area contributed by atoms with Crippen LogP contribution in [0.25, 0.3) is 11.0 Å². The zero-order valence-electron chi connectivity index (χ0n) is 13.3. The monoisotopic (exact) mass is 283 g/mol. The van der Waals surface area contributed by atoms with Crippen LogP contribution in [-0.2, 0) is 0 Å². The highest BCUT2D eigenvalue weighted by Crippen LogP contribution is 2.32. The molecule has 1 N–H and O–H groups in total. The van der Waals surface area contributed by atoms with Crippen LogP contribution < -0.4 is 5.32 Å². The summed E-state index contributed by atoms with van der Waals surface area (Å²) < 4.78 is 0. The molecule has 2 atom stereocenters. The fourth-order valence-electron chi connectivity index (χ4n) is 3.54. The van der Waals surface area contributed by atoms with Crippen LogP contribution in [0.4, 0.5) is 5.82 Å². The number of rotatable bonds is 3.